The Morgan fingerprint density at radius 1 is 1.35 bits per heavy atom. The zero-order valence-electron chi connectivity index (χ0n) is 13.6. The van der Waals surface area contributed by atoms with Gasteiger partial charge in [-0.25, -0.2) is 12.7 Å². The van der Waals surface area contributed by atoms with Crippen molar-refractivity contribution in [2.45, 2.75) is 26.0 Å². The molecule has 1 aliphatic heterocycles. The number of methoxy groups -OCH3 is 1. The molecule has 1 fully saturated rings. The van der Waals surface area contributed by atoms with E-state index >= 15 is 0 Å². The lowest BCUT2D eigenvalue weighted by Gasteiger charge is -2.30. The molecule has 1 heterocycles. The van der Waals surface area contributed by atoms with E-state index in [0.29, 0.717) is 26.1 Å². The van der Waals surface area contributed by atoms with E-state index in [-0.39, 0.29) is 18.4 Å². The first kappa shape index (κ1) is 17.9. The zero-order chi connectivity index (χ0) is 16.9. The van der Waals surface area contributed by atoms with E-state index in [1.807, 2.05) is 24.3 Å². The van der Waals surface area contributed by atoms with E-state index in [4.69, 9.17) is 4.74 Å². The van der Waals surface area contributed by atoms with Crippen LogP contribution >= 0.6 is 0 Å². The van der Waals surface area contributed by atoms with Crippen molar-refractivity contribution in [2.24, 2.45) is 5.92 Å². The quantitative estimate of drug-likeness (QED) is 0.842. The summed E-state index contributed by atoms with van der Waals surface area (Å²) in [6.45, 7) is 1.69. The highest BCUT2D eigenvalue weighted by Crippen LogP contribution is 2.19. The minimum Gasteiger partial charge on any atom is -0.380 e. The second-order valence-electron chi connectivity index (χ2n) is 5.88. The molecule has 2 rings (SSSR count). The molecule has 0 bridgehead atoms. The van der Waals surface area contributed by atoms with E-state index < -0.39 is 10.0 Å². The fourth-order valence-corrected chi connectivity index (χ4v) is 3.72. The van der Waals surface area contributed by atoms with Crippen LogP contribution in [0.5, 0.6) is 0 Å². The second kappa shape index (κ2) is 7.90. The first-order valence-corrected chi connectivity index (χ1v) is 9.55. The van der Waals surface area contributed by atoms with Crippen LogP contribution in [0, 0.1) is 5.92 Å². The zero-order valence-corrected chi connectivity index (χ0v) is 14.4. The summed E-state index contributed by atoms with van der Waals surface area (Å²) in [6.07, 6.45) is 2.62. The number of hydrogen-bond donors (Lipinski definition) is 1. The van der Waals surface area contributed by atoms with E-state index in [9.17, 15) is 13.2 Å². The molecule has 0 radical (unpaired) electrons. The molecule has 7 heteroatoms. The smallest absolute Gasteiger partial charge is 0.224 e. The number of benzene rings is 1. The molecule has 1 amide bonds. The largest absolute Gasteiger partial charge is 0.380 e. The van der Waals surface area contributed by atoms with Crippen molar-refractivity contribution in [3.05, 3.63) is 35.4 Å². The summed E-state index contributed by atoms with van der Waals surface area (Å²) in [5.74, 6) is -0.376. The van der Waals surface area contributed by atoms with Gasteiger partial charge in [-0.1, -0.05) is 24.3 Å². The Morgan fingerprint density at radius 3 is 2.70 bits per heavy atom. The minimum atomic E-state index is -3.24. The molecule has 0 aliphatic carbocycles. The Hall–Kier alpha value is -1.44. The molecule has 6 nitrogen and oxygen atoms in total. The lowest BCUT2D eigenvalue weighted by Crippen LogP contribution is -2.44. The Kier molecular flexibility index (Phi) is 6.15. The number of sulfonamides is 1. The van der Waals surface area contributed by atoms with Crippen molar-refractivity contribution in [3.63, 3.8) is 0 Å². The number of ether oxygens (including phenoxy) is 1. The summed E-state index contributed by atoms with van der Waals surface area (Å²) in [7, 11) is -1.60. The number of nitrogens with one attached hydrogen (secondary N) is 1. The van der Waals surface area contributed by atoms with Crippen LogP contribution < -0.4 is 5.32 Å². The van der Waals surface area contributed by atoms with Gasteiger partial charge in [0.1, 0.15) is 0 Å². The van der Waals surface area contributed by atoms with E-state index in [1.54, 1.807) is 7.11 Å². The third-order valence-electron chi connectivity index (χ3n) is 4.10. The van der Waals surface area contributed by atoms with Crippen molar-refractivity contribution in [1.29, 1.82) is 0 Å². The summed E-state index contributed by atoms with van der Waals surface area (Å²) in [4.78, 5) is 12.3. The van der Waals surface area contributed by atoms with E-state index in [1.165, 1.54) is 10.6 Å². The van der Waals surface area contributed by atoms with Crippen molar-refractivity contribution < 1.29 is 17.9 Å². The van der Waals surface area contributed by atoms with Crippen LogP contribution in [-0.2, 0) is 32.7 Å². The van der Waals surface area contributed by atoms with Crippen LogP contribution in [0.1, 0.15) is 24.0 Å². The Balaban J connectivity index is 1.95. The van der Waals surface area contributed by atoms with Gasteiger partial charge in [-0.15, -0.1) is 0 Å². The summed E-state index contributed by atoms with van der Waals surface area (Å²) < 4.78 is 29.8. The van der Waals surface area contributed by atoms with Crippen LogP contribution in [0.4, 0.5) is 0 Å². The summed E-state index contributed by atoms with van der Waals surface area (Å²) in [6, 6.07) is 7.78. The summed E-state index contributed by atoms with van der Waals surface area (Å²) in [5.41, 5.74) is 2.05. The van der Waals surface area contributed by atoms with Gasteiger partial charge < -0.3 is 10.1 Å². The molecular formula is C16H24N2O4S. The van der Waals surface area contributed by atoms with Gasteiger partial charge in [0.25, 0.3) is 0 Å². The highest BCUT2D eigenvalue weighted by molar-refractivity contribution is 7.88. The number of hydrogen-bond acceptors (Lipinski definition) is 4. The monoisotopic (exact) mass is 340 g/mol. The molecule has 0 spiro atoms. The SMILES string of the molecule is COCc1ccccc1CNC(=O)C1CCCN(S(C)(=O)=O)C1. The third-order valence-corrected chi connectivity index (χ3v) is 5.36. The van der Waals surface area contributed by atoms with Crippen LogP contribution in [0.25, 0.3) is 0 Å². The number of carbonyl (C=O) groups excluding carboxylic acids is 1. The van der Waals surface area contributed by atoms with Crippen molar-refractivity contribution >= 4 is 15.9 Å². The van der Waals surface area contributed by atoms with Crippen molar-refractivity contribution in [3.8, 4) is 0 Å². The van der Waals surface area contributed by atoms with Gasteiger partial charge in [0, 0.05) is 26.7 Å². The van der Waals surface area contributed by atoms with Gasteiger partial charge in [-0.2, -0.15) is 0 Å². The normalized spacial score (nSPS) is 19.5. The van der Waals surface area contributed by atoms with Gasteiger partial charge in [0.2, 0.25) is 15.9 Å². The number of nitrogens with zero attached hydrogens (tertiary/aromatic N) is 1. The number of rotatable bonds is 6. The van der Waals surface area contributed by atoms with Crippen LogP contribution in [0.2, 0.25) is 0 Å². The second-order valence-corrected chi connectivity index (χ2v) is 7.86. The molecule has 1 aromatic carbocycles. The van der Waals surface area contributed by atoms with Gasteiger partial charge >= 0.3 is 0 Å². The molecule has 1 saturated heterocycles. The highest BCUT2D eigenvalue weighted by atomic mass is 32.2. The molecule has 1 unspecified atom stereocenters. The lowest BCUT2D eigenvalue weighted by molar-refractivity contribution is -0.126. The molecule has 1 aromatic rings. The fraction of sp³-hybridized carbons (Fsp3) is 0.562. The van der Waals surface area contributed by atoms with Crippen LogP contribution in [-0.4, -0.2) is 45.1 Å². The van der Waals surface area contributed by atoms with Gasteiger partial charge in [0.15, 0.2) is 0 Å². The van der Waals surface area contributed by atoms with Crippen molar-refractivity contribution in [1.82, 2.24) is 9.62 Å². The minimum absolute atomic E-state index is 0.0921. The molecule has 0 aromatic heterocycles. The van der Waals surface area contributed by atoms with Gasteiger partial charge in [-0.05, 0) is 24.0 Å². The molecule has 0 saturated carbocycles. The Labute approximate surface area is 137 Å². The number of amides is 1. The predicted octanol–water partition coefficient (Wildman–Crippen LogP) is 1.12. The molecule has 1 atom stereocenters. The van der Waals surface area contributed by atoms with Crippen molar-refractivity contribution in [2.75, 3.05) is 26.5 Å². The first-order chi connectivity index (χ1) is 10.9. The Morgan fingerprint density at radius 2 is 2.04 bits per heavy atom. The average Bonchev–Trinajstić information content (AvgIpc) is 2.53. The van der Waals surface area contributed by atoms with E-state index in [0.717, 1.165) is 17.5 Å². The summed E-state index contributed by atoms with van der Waals surface area (Å²) in [5, 5.41) is 2.92. The van der Waals surface area contributed by atoms with Crippen LogP contribution in [0.3, 0.4) is 0 Å². The number of piperidine rings is 1. The highest BCUT2D eigenvalue weighted by Gasteiger charge is 2.29. The third kappa shape index (κ3) is 5.02. The summed E-state index contributed by atoms with van der Waals surface area (Å²) >= 11 is 0. The standard InChI is InChI=1S/C16H24N2O4S/c1-22-12-15-7-4-3-6-13(15)10-17-16(19)14-8-5-9-18(11-14)23(2,20)21/h3-4,6-7,14H,5,8-12H2,1-2H3,(H,17,19). The maximum atomic E-state index is 12.3. The Bertz CT molecular complexity index is 645. The topological polar surface area (TPSA) is 75.7 Å². The van der Waals surface area contributed by atoms with E-state index in [2.05, 4.69) is 5.32 Å². The maximum Gasteiger partial charge on any atom is 0.224 e. The lowest BCUT2D eigenvalue weighted by atomic mass is 9.98. The van der Waals surface area contributed by atoms with Crippen LogP contribution in [0.15, 0.2) is 24.3 Å². The average molecular weight is 340 g/mol. The van der Waals surface area contributed by atoms with Gasteiger partial charge in [0.05, 0.1) is 18.8 Å². The molecule has 128 valence electrons. The van der Waals surface area contributed by atoms with Gasteiger partial charge in [-0.3, -0.25) is 4.79 Å². The molecular weight excluding hydrogens is 316 g/mol. The first-order valence-electron chi connectivity index (χ1n) is 7.70. The molecule has 1 aliphatic rings. The molecule has 23 heavy (non-hydrogen) atoms. The predicted molar refractivity (Wildman–Crippen MR) is 88.1 cm³/mol. The number of carbonyl (C=O) groups is 1. The fourth-order valence-electron chi connectivity index (χ4n) is 2.81. The maximum absolute atomic E-state index is 12.3. The molecule has 1 N–H and O–H groups in total.